The minimum atomic E-state index is 0.531. The lowest BCUT2D eigenvalue weighted by Gasteiger charge is -2.04. The summed E-state index contributed by atoms with van der Waals surface area (Å²) >= 11 is 0. The summed E-state index contributed by atoms with van der Waals surface area (Å²) in [6.45, 7) is 17.4. The second-order valence-corrected chi connectivity index (χ2v) is 8.56. The summed E-state index contributed by atoms with van der Waals surface area (Å²) in [6.07, 6.45) is 8.18. The van der Waals surface area contributed by atoms with E-state index in [1.807, 2.05) is 83.1 Å². The Morgan fingerprint density at radius 1 is 0.789 bits per heavy atom. The van der Waals surface area contributed by atoms with Crippen LogP contribution < -0.4 is 11.5 Å². The average molecular weight is 512 g/mol. The van der Waals surface area contributed by atoms with E-state index < -0.39 is 0 Å². The van der Waals surface area contributed by atoms with Gasteiger partial charge in [0, 0.05) is 52.0 Å². The van der Waals surface area contributed by atoms with Crippen molar-refractivity contribution in [1.82, 2.24) is 24.9 Å². The number of pyridine rings is 3. The lowest BCUT2D eigenvalue weighted by Crippen LogP contribution is -1.96. The Hall–Kier alpha value is -4.39. The molecule has 0 aliphatic carbocycles. The van der Waals surface area contributed by atoms with Crippen LogP contribution in [-0.4, -0.2) is 24.9 Å². The molecule has 0 aliphatic heterocycles. The predicted molar refractivity (Wildman–Crippen MR) is 160 cm³/mol. The first kappa shape index (κ1) is 31.6. The van der Waals surface area contributed by atoms with Gasteiger partial charge in [-0.25, -0.2) is 15.0 Å². The number of anilines is 1. The van der Waals surface area contributed by atoms with Crippen molar-refractivity contribution in [1.29, 1.82) is 0 Å². The van der Waals surface area contributed by atoms with Crippen LogP contribution in [0.5, 0.6) is 0 Å². The van der Waals surface area contributed by atoms with Gasteiger partial charge in [-0.1, -0.05) is 39.0 Å². The van der Waals surface area contributed by atoms with E-state index in [0.717, 1.165) is 51.1 Å². The van der Waals surface area contributed by atoms with Crippen molar-refractivity contribution in [3.63, 3.8) is 0 Å². The first-order valence-corrected chi connectivity index (χ1v) is 12.6. The number of nitrogens with two attached hydrogens (primary N) is 2. The van der Waals surface area contributed by atoms with E-state index in [-0.39, 0.29) is 0 Å². The maximum absolute atomic E-state index is 5.80. The molecule has 4 N–H and O–H groups in total. The van der Waals surface area contributed by atoms with Gasteiger partial charge in [0.15, 0.2) is 5.82 Å². The summed E-state index contributed by atoms with van der Waals surface area (Å²) in [7, 11) is 0. The first-order chi connectivity index (χ1) is 18.1. The largest absolute Gasteiger partial charge is 0.402 e. The predicted octanol–water partition coefficient (Wildman–Crippen LogP) is 6.95. The van der Waals surface area contributed by atoms with Gasteiger partial charge in [0.05, 0.1) is 5.69 Å². The summed E-state index contributed by atoms with van der Waals surface area (Å²) in [5.74, 6) is 1.28. The molecule has 0 unspecified atom stereocenters. The van der Waals surface area contributed by atoms with Crippen molar-refractivity contribution in [2.45, 2.75) is 54.9 Å². The fraction of sp³-hybridized carbons (Fsp3) is 0.258. The molecular formula is C31H41N7. The van der Waals surface area contributed by atoms with Crippen LogP contribution in [0.1, 0.15) is 50.0 Å². The smallest absolute Gasteiger partial charge is 0.161 e. The highest BCUT2D eigenvalue weighted by Crippen LogP contribution is 2.21. The van der Waals surface area contributed by atoms with Crippen LogP contribution in [0.25, 0.3) is 22.6 Å². The minimum Gasteiger partial charge on any atom is -0.402 e. The Balaban J connectivity index is 0.000000291. The van der Waals surface area contributed by atoms with Crippen molar-refractivity contribution < 1.29 is 0 Å². The summed E-state index contributed by atoms with van der Waals surface area (Å²) in [5.41, 5.74) is 18.4. The number of nitrogen functional groups attached to an aromatic ring is 1. The molecule has 0 saturated carbocycles. The van der Waals surface area contributed by atoms with E-state index in [4.69, 9.17) is 11.5 Å². The molecule has 0 spiro atoms. The number of aromatic nitrogens is 5. The van der Waals surface area contributed by atoms with Crippen molar-refractivity contribution in [3.8, 4) is 22.6 Å². The van der Waals surface area contributed by atoms with E-state index in [9.17, 15) is 0 Å². The topological polar surface area (TPSA) is 116 Å². The fourth-order valence-corrected chi connectivity index (χ4v) is 3.00. The van der Waals surface area contributed by atoms with E-state index in [1.165, 1.54) is 6.42 Å². The van der Waals surface area contributed by atoms with Crippen molar-refractivity contribution in [2.24, 2.45) is 5.73 Å². The Kier molecular flexibility index (Phi) is 14.3. The van der Waals surface area contributed by atoms with Gasteiger partial charge in [0.2, 0.25) is 0 Å². The Bertz CT molecular complexity index is 1290. The molecule has 38 heavy (non-hydrogen) atoms. The van der Waals surface area contributed by atoms with E-state index in [0.29, 0.717) is 5.82 Å². The average Bonchev–Trinajstić information content (AvgIpc) is 2.86. The summed E-state index contributed by atoms with van der Waals surface area (Å²) in [5, 5.41) is 0. The molecule has 0 saturated heterocycles. The maximum atomic E-state index is 5.80. The molecule has 7 heteroatoms. The normalized spacial score (nSPS) is 10.0. The number of nitrogens with zero attached hydrogens (tertiary/aromatic N) is 5. The zero-order valence-electron chi connectivity index (χ0n) is 23.7. The van der Waals surface area contributed by atoms with Crippen molar-refractivity contribution >= 4 is 5.82 Å². The highest BCUT2D eigenvalue weighted by Gasteiger charge is 2.06. The number of allylic oxidation sites excluding steroid dienone is 3. The van der Waals surface area contributed by atoms with Crippen molar-refractivity contribution in [3.05, 3.63) is 108 Å². The molecule has 7 nitrogen and oxygen atoms in total. The fourth-order valence-electron chi connectivity index (χ4n) is 3.00. The number of aryl methyl sites for hydroxylation is 4. The van der Waals surface area contributed by atoms with Gasteiger partial charge in [-0.2, -0.15) is 0 Å². The molecular weight excluding hydrogens is 470 g/mol. The molecule has 4 heterocycles. The second-order valence-electron chi connectivity index (χ2n) is 8.56. The SMILES string of the molecule is C=C/C=C(/C)N.CCC.Cc1ccc(-c2ccccn2)c(N)n1.Cc1ccnc(-c2ccc(C)nc2C)n1. The van der Waals surface area contributed by atoms with E-state index >= 15 is 0 Å². The molecule has 0 atom stereocenters. The monoisotopic (exact) mass is 511 g/mol. The Morgan fingerprint density at radius 2 is 1.39 bits per heavy atom. The van der Waals surface area contributed by atoms with Crippen LogP contribution in [0.4, 0.5) is 5.82 Å². The quantitative estimate of drug-likeness (QED) is 0.286. The standard InChI is InChI=1S/C12H13N3.C11H11N3.C5H9N.C3H8/c1-8-4-5-11(10(3)14-8)12-13-7-6-9(2)15-12;1-8-5-6-9(11(12)14-8)10-4-2-3-7-13-10;1-3-4-5(2)6;1-3-2/h4-7H,1-3H3;2-7H,1H3,(H2,12,14);3-4H,1,6H2,2H3;3H2,1-2H3/b;;5-4-;. The van der Waals surface area contributed by atoms with Gasteiger partial charge in [-0.3, -0.25) is 9.97 Å². The molecule has 4 rings (SSSR count). The zero-order chi connectivity index (χ0) is 28.5. The number of hydrogen-bond acceptors (Lipinski definition) is 7. The van der Waals surface area contributed by atoms with E-state index in [1.54, 1.807) is 24.5 Å². The molecule has 0 amide bonds. The van der Waals surface area contributed by atoms with Crippen LogP contribution >= 0.6 is 0 Å². The van der Waals surface area contributed by atoms with Crippen LogP contribution in [0.15, 0.2) is 85.4 Å². The lowest BCUT2D eigenvalue weighted by molar-refractivity contribution is 1.07. The molecule has 0 bridgehead atoms. The highest BCUT2D eigenvalue weighted by molar-refractivity contribution is 5.70. The molecule has 0 aromatic carbocycles. The minimum absolute atomic E-state index is 0.531. The van der Waals surface area contributed by atoms with Gasteiger partial charge >= 0.3 is 0 Å². The first-order valence-electron chi connectivity index (χ1n) is 12.6. The molecule has 4 aromatic rings. The second kappa shape index (κ2) is 17.1. The van der Waals surface area contributed by atoms with Crippen molar-refractivity contribution in [2.75, 3.05) is 5.73 Å². The van der Waals surface area contributed by atoms with Crippen LogP contribution in [-0.2, 0) is 0 Å². The van der Waals surface area contributed by atoms with Crippen LogP contribution in [0.2, 0.25) is 0 Å². The van der Waals surface area contributed by atoms with Crippen LogP contribution in [0, 0.1) is 27.7 Å². The summed E-state index contributed by atoms with van der Waals surface area (Å²) in [4.78, 5) is 21.4. The highest BCUT2D eigenvalue weighted by atomic mass is 14.9. The molecule has 0 fully saturated rings. The van der Waals surface area contributed by atoms with E-state index in [2.05, 4.69) is 45.3 Å². The lowest BCUT2D eigenvalue weighted by atomic mass is 10.1. The number of hydrogen-bond donors (Lipinski definition) is 2. The summed E-state index contributed by atoms with van der Waals surface area (Å²) < 4.78 is 0. The Labute approximate surface area is 227 Å². The number of rotatable bonds is 3. The third-order valence-corrected chi connectivity index (χ3v) is 4.65. The summed E-state index contributed by atoms with van der Waals surface area (Å²) in [6, 6.07) is 15.5. The van der Waals surface area contributed by atoms with Gasteiger partial charge < -0.3 is 11.5 Å². The molecule has 200 valence electrons. The third-order valence-electron chi connectivity index (χ3n) is 4.65. The maximum Gasteiger partial charge on any atom is 0.161 e. The molecule has 0 radical (unpaired) electrons. The van der Waals surface area contributed by atoms with Gasteiger partial charge in [0.25, 0.3) is 0 Å². The van der Waals surface area contributed by atoms with Gasteiger partial charge in [0.1, 0.15) is 5.82 Å². The molecule has 4 aromatic heterocycles. The van der Waals surface area contributed by atoms with Gasteiger partial charge in [-0.05, 0) is 83.2 Å². The van der Waals surface area contributed by atoms with Crippen LogP contribution in [0.3, 0.4) is 0 Å². The van der Waals surface area contributed by atoms with Gasteiger partial charge in [-0.15, -0.1) is 0 Å². The Morgan fingerprint density at radius 3 is 1.87 bits per heavy atom. The molecule has 0 aliphatic rings. The third kappa shape index (κ3) is 11.6. The zero-order valence-corrected chi connectivity index (χ0v) is 23.7.